The quantitative estimate of drug-likeness (QED) is 0.472. The van der Waals surface area contributed by atoms with Crippen molar-refractivity contribution in [2.24, 2.45) is 28.1 Å². The third-order valence-electron chi connectivity index (χ3n) is 9.98. The minimum absolute atomic E-state index is 0.00254. The van der Waals surface area contributed by atoms with Crippen molar-refractivity contribution in [3.8, 4) is 0 Å². The monoisotopic (exact) mass is 470 g/mol. The van der Waals surface area contributed by atoms with Crippen LogP contribution in [0.25, 0.3) is 0 Å². The topological polar surface area (TPSA) is 92.0 Å². The molecule has 0 unspecified atom stereocenters. The van der Waals surface area contributed by atoms with Gasteiger partial charge in [0.15, 0.2) is 0 Å². The second-order valence-electron chi connectivity index (χ2n) is 11.6. The smallest absolute Gasteiger partial charge is 0.309 e. The molecule has 1 aromatic rings. The number of esters is 2. The van der Waals surface area contributed by atoms with Gasteiger partial charge in [-0.15, -0.1) is 0 Å². The van der Waals surface area contributed by atoms with E-state index in [1.807, 2.05) is 19.9 Å². The number of methoxy groups -OCH3 is 1. The first-order valence-electron chi connectivity index (χ1n) is 12.1. The van der Waals surface area contributed by atoms with Crippen molar-refractivity contribution in [1.82, 2.24) is 0 Å². The van der Waals surface area contributed by atoms with E-state index in [1.165, 1.54) is 7.11 Å². The molecule has 2 aliphatic carbocycles. The Labute approximate surface area is 200 Å². The zero-order valence-electron chi connectivity index (χ0n) is 20.6. The van der Waals surface area contributed by atoms with Gasteiger partial charge in [-0.1, -0.05) is 34.3 Å². The van der Waals surface area contributed by atoms with E-state index in [0.29, 0.717) is 0 Å². The summed E-state index contributed by atoms with van der Waals surface area (Å²) in [4.78, 5) is 38.8. The first kappa shape index (κ1) is 23.3. The summed E-state index contributed by atoms with van der Waals surface area (Å²) >= 11 is 0. The maximum Gasteiger partial charge on any atom is 0.309 e. The van der Waals surface area contributed by atoms with E-state index in [2.05, 4.69) is 20.4 Å². The van der Waals surface area contributed by atoms with Crippen molar-refractivity contribution < 1.29 is 33.0 Å². The van der Waals surface area contributed by atoms with Gasteiger partial charge in [0.2, 0.25) is 0 Å². The third-order valence-corrected chi connectivity index (χ3v) is 9.98. The van der Waals surface area contributed by atoms with Crippen molar-refractivity contribution in [2.75, 3.05) is 7.11 Å². The Hall–Kier alpha value is -2.41. The molecule has 7 atom stereocenters. The average molecular weight is 471 g/mol. The summed E-state index contributed by atoms with van der Waals surface area (Å²) in [5.41, 5.74) is -1.05. The van der Waals surface area contributed by atoms with Crippen LogP contribution in [-0.4, -0.2) is 36.5 Å². The molecule has 0 amide bonds. The van der Waals surface area contributed by atoms with Crippen LogP contribution < -0.4 is 0 Å². The molecule has 1 aromatic heterocycles. The highest BCUT2D eigenvalue weighted by Crippen LogP contribution is 2.71. The van der Waals surface area contributed by atoms with Crippen LogP contribution >= 0.6 is 0 Å². The van der Waals surface area contributed by atoms with Crippen molar-refractivity contribution in [1.29, 1.82) is 0 Å². The van der Waals surface area contributed by atoms with Crippen molar-refractivity contribution in [2.45, 2.75) is 77.6 Å². The lowest BCUT2D eigenvalue weighted by atomic mass is 9.41. The number of carbonyl (C=O) groups is 3. The number of furan rings is 1. The van der Waals surface area contributed by atoms with Crippen LogP contribution in [0.2, 0.25) is 0 Å². The van der Waals surface area contributed by atoms with Crippen LogP contribution in [0.15, 0.2) is 35.2 Å². The summed E-state index contributed by atoms with van der Waals surface area (Å²) < 4.78 is 23.2. The molecule has 5 rings (SSSR count). The lowest BCUT2D eigenvalue weighted by Gasteiger charge is -2.70. The second kappa shape index (κ2) is 7.30. The zero-order valence-corrected chi connectivity index (χ0v) is 20.6. The van der Waals surface area contributed by atoms with Gasteiger partial charge < -0.3 is 18.6 Å². The van der Waals surface area contributed by atoms with Crippen LogP contribution in [0.5, 0.6) is 0 Å². The highest BCUT2D eigenvalue weighted by atomic mass is 16.6. The molecule has 7 heteroatoms. The lowest BCUT2D eigenvalue weighted by molar-refractivity contribution is -0.298. The molecular formula is C27H34O7. The fourth-order valence-electron chi connectivity index (χ4n) is 7.88. The fourth-order valence-corrected chi connectivity index (χ4v) is 7.88. The summed E-state index contributed by atoms with van der Waals surface area (Å²) in [5, 5.41) is 0. The minimum atomic E-state index is -0.949. The van der Waals surface area contributed by atoms with Gasteiger partial charge in [-0.3, -0.25) is 14.4 Å². The van der Waals surface area contributed by atoms with Gasteiger partial charge in [-0.05, 0) is 36.3 Å². The first-order valence-corrected chi connectivity index (χ1v) is 12.1. The SMILES string of the molecule is C=C1[C@H]2CC[C@]3(C)[C@@H](c4ccoc4)OC(=O)C[C@]13O[C@H]1CC(=O)C(C)(C)[C@@H](CC(=O)OC)[C@@]12C. The number of hydrogen-bond donors (Lipinski definition) is 0. The molecule has 34 heavy (non-hydrogen) atoms. The van der Waals surface area contributed by atoms with E-state index in [4.69, 9.17) is 18.6 Å². The van der Waals surface area contributed by atoms with E-state index < -0.39 is 34.1 Å². The van der Waals surface area contributed by atoms with Crippen LogP contribution in [0.4, 0.5) is 0 Å². The molecule has 2 saturated carbocycles. The fraction of sp³-hybridized carbons (Fsp3) is 0.667. The highest BCUT2D eigenvalue weighted by molar-refractivity contribution is 5.87. The van der Waals surface area contributed by atoms with E-state index in [1.54, 1.807) is 12.5 Å². The molecule has 7 nitrogen and oxygen atoms in total. The molecule has 4 fully saturated rings. The number of cyclic esters (lactones) is 1. The van der Waals surface area contributed by atoms with E-state index in [9.17, 15) is 14.4 Å². The van der Waals surface area contributed by atoms with Crippen molar-refractivity contribution in [3.05, 3.63) is 36.3 Å². The number of carbonyl (C=O) groups excluding carboxylic acids is 3. The molecule has 1 spiro atoms. The highest BCUT2D eigenvalue weighted by Gasteiger charge is 2.73. The summed E-state index contributed by atoms with van der Waals surface area (Å²) in [7, 11) is 1.38. The number of ether oxygens (including phenoxy) is 3. The number of ketones is 1. The van der Waals surface area contributed by atoms with Gasteiger partial charge >= 0.3 is 11.9 Å². The standard InChI is InChI=1S/C27H34O7/c1-15-17-7-9-25(4)23(16-8-10-32-14-16)33-22(30)13-27(15,25)34-20-12-19(28)24(2,3)18(26(17,20)5)11-21(29)31-6/h8,10,14,17-18,20,23H,1,7,9,11-13H2,2-6H3/t17-,18-,20+,23-,25-,26+,27+/m1/s1. The van der Waals surface area contributed by atoms with Crippen LogP contribution in [0.1, 0.15) is 71.5 Å². The normalized spacial score (nSPS) is 42.9. The maximum atomic E-state index is 13.4. The molecule has 3 heterocycles. The van der Waals surface area contributed by atoms with Gasteiger partial charge in [0.1, 0.15) is 17.5 Å². The number of Topliss-reactive ketones (excluding diaryl/α,β-unsaturated/α-hetero) is 1. The Morgan fingerprint density at radius 3 is 2.62 bits per heavy atom. The molecule has 2 bridgehead atoms. The number of rotatable bonds is 3. The molecule has 0 radical (unpaired) electrons. The van der Waals surface area contributed by atoms with E-state index in [-0.39, 0.29) is 48.8 Å². The molecule has 0 N–H and O–H groups in total. The Kier molecular flexibility index (Phi) is 5.01. The summed E-state index contributed by atoms with van der Waals surface area (Å²) in [6.07, 6.45) is 4.23. The third kappa shape index (κ3) is 2.76. The van der Waals surface area contributed by atoms with E-state index in [0.717, 1.165) is 24.0 Å². The number of fused-ring (bicyclic) bond motifs is 3. The van der Waals surface area contributed by atoms with Crippen molar-refractivity contribution >= 4 is 17.7 Å². The van der Waals surface area contributed by atoms with Gasteiger partial charge in [-0.2, -0.15) is 0 Å². The Morgan fingerprint density at radius 1 is 1.24 bits per heavy atom. The average Bonchev–Trinajstić information content (AvgIpc) is 3.30. The van der Waals surface area contributed by atoms with Crippen LogP contribution in [0.3, 0.4) is 0 Å². The van der Waals surface area contributed by atoms with Gasteiger partial charge in [-0.25, -0.2) is 0 Å². The summed E-state index contributed by atoms with van der Waals surface area (Å²) in [6, 6.07) is 1.82. The molecule has 2 saturated heterocycles. The molecule has 184 valence electrons. The van der Waals surface area contributed by atoms with Crippen molar-refractivity contribution in [3.63, 3.8) is 0 Å². The molecule has 0 aromatic carbocycles. The van der Waals surface area contributed by atoms with Gasteiger partial charge in [0.05, 0.1) is 32.2 Å². The van der Waals surface area contributed by atoms with Crippen LogP contribution in [-0.2, 0) is 28.6 Å². The Balaban J connectivity index is 1.63. The molecule has 4 aliphatic rings. The summed E-state index contributed by atoms with van der Waals surface area (Å²) in [5.74, 6) is -0.889. The minimum Gasteiger partial charge on any atom is -0.472 e. The predicted octanol–water partition coefficient (Wildman–Crippen LogP) is 4.56. The van der Waals surface area contributed by atoms with Gasteiger partial charge in [0, 0.05) is 34.7 Å². The zero-order chi connectivity index (χ0) is 24.7. The Morgan fingerprint density at radius 2 is 1.97 bits per heavy atom. The van der Waals surface area contributed by atoms with E-state index >= 15 is 0 Å². The van der Waals surface area contributed by atoms with Crippen LogP contribution in [0, 0.1) is 28.1 Å². The summed E-state index contributed by atoms with van der Waals surface area (Å²) in [6.45, 7) is 12.6. The van der Waals surface area contributed by atoms with Gasteiger partial charge in [0.25, 0.3) is 0 Å². The Bertz CT molecular complexity index is 1060. The largest absolute Gasteiger partial charge is 0.472 e. The number of hydrogen-bond acceptors (Lipinski definition) is 7. The predicted molar refractivity (Wildman–Crippen MR) is 121 cm³/mol. The second-order valence-corrected chi connectivity index (χ2v) is 11.6. The molecule has 2 aliphatic heterocycles. The molecular weight excluding hydrogens is 436 g/mol. The lowest BCUT2D eigenvalue weighted by Crippen LogP contribution is -2.72. The first-order chi connectivity index (χ1) is 15.9. The maximum absolute atomic E-state index is 13.4.